The number of anilines is 2. The van der Waals surface area contributed by atoms with Gasteiger partial charge in [0.05, 0.1) is 40.3 Å². The molecule has 4 heterocycles. The van der Waals surface area contributed by atoms with E-state index in [0.717, 1.165) is 54.7 Å². The van der Waals surface area contributed by atoms with Gasteiger partial charge in [-0.15, -0.1) is 0 Å². The molecule has 1 amide bonds. The van der Waals surface area contributed by atoms with Crippen LogP contribution in [0.2, 0.25) is 5.02 Å². The SMILES string of the molecule is COc1c(Cl)cccc1Nc1c(-c2ccncc2C#CC23CC(CN2C(=O)/C=C/CN(C)C)C3)[nH]c2c1C(=O)CCC2. The molecule has 1 saturated carbocycles. The van der Waals surface area contributed by atoms with E-state index in [-0.39, 0.29) is 11.7 Å². The zero-order valence-electron chi connectivity index (χ0n) is 24.1. The number of aromatic amines is 1. The van der Waals surface area contributed by atoms with Gasteiger partial charge in [0.15, 0.2) is 11.5 Å². The lowest BCUT2D eigenvalue weighted by atomic mass is 9.73. The largest absolute Gasteiger partial charge is 0.493 e. The number of pyridine rings is 1. The summed E-state index contributed by atoms with van der Waals surface area (Å²) in [4.78, 5) is 38.1. The third-order valence-corrected chi connectivity index (χ3v) is 8.64. The molecule has 4 aliphatic rings. The highest BCUT2D eigenvalue weighted by Crippen LogP contribution is 2.50. The highest BCUT2D eigenvalue weighted by Gasteiger charge is 2.56. The molecule has 2 aliphatic carbocycles. The predicted molar refractivity (Wildman–Crippen MR) is 164 cm³/mol. The van der Waals surface area contributed by atoms with Gasteiger partial charge in [0, 0.05) is 49.2 Å². The van der Waals surface area contributed by atoms with E-state index in [4.69, 9.17) is 16.3 Å². The van der Waals surface area contributed by atoms with E-state index in [0.29, 0.717) is 46.6 Å². The summed E-state index contributed by atoms with van der Waals surface area (Å²) >= 11 is 6.42. The molecule has 2 saturated heterocycles. The fourth-order valence-electron chi connectivity index (χ4n) is 6.37. The molecule has 42 heavy (non-hydrogen) atoms. The number of ketones is 1. The van der Waals surface area contributed by atoms with E-state index in [1.54, 1.807) is 31.6 Å². The number of carbonyl (C=O) groups is 2. The van der Waals surface area contributed by atoms with Gasteiger partial charge in [-0.3, -0.25) is 14.6 Å². The molecule has 2 aromatic heterocycles. The van der Waals surface area contributed by atoms with Crippen LogP contribution in [0.4, 0.5) is 11.4 Å². The van der Waals surface area contributed by atoms with Crippen molar-refractivity contribution in [2.75, 3.05) is 39.6 Å². The number of nitrogens with zero attached hydrogens (tertiary/aromatic N) is 3. The molecule has 2 bridgehead atoms. The van der Waals surface area contributed by atoms with E-state index in [2.05, 4.69) is 27.1 Å². The van der Waals surface area contributed by atoms with Crippen LogP contribution in [-0.4, -0.2) is 71.3 Å². The number of aryl methyl sites for hydroxylation is 1. The van der Waals surface area contributed by atoms with Gasteiger partial charge in [-0.1, -0.05) is 35.6 Å². The standard InChI is InChI=1S/C33H34ClN5O3/c1-38(2)16-6-11-28(41)39-20-21-17-33(39,18-21)14-12-22-19-35-15-13-23(22)30-31(29-25(36-30)8-5-10-27(29)40)37-26-9-4-7-24(34)32(26)42-3/h4,6-7,9,11,13,15,19,21,36-37H,5,8,10,16-18,20H2,1-3H3/b11-6+. The molecule has 3 fully saturated rings. The minimum atomic E-state index is -0.461. The first-order chi connectivity index (χ1) is 20.3. The van der Waals surface area contributed by atoms with E-state index in [1.807, 2.05) is 48.2 Å². The first-order valence-electron chi connectivity index (χ1n) is 14.3. The lowest BCUT2D eigenvalue weighted by molar-refractivity contribution is -0.127. The van der Waals surface area contributed by atoms with Crippen LogP contribution in [0.25, 0.3) is 11.3 Å². The van der Waals surface area contributed by atoms with Crippen molar-refractivity contribution in [3.63, 3.8) is 0 Å². The number of fused-ring (bicyclic) bond motifs is 2. The van der Waals surface area contributed by atoms with Crippen molar-refractivity contribution >= 4 is 34.7 Å². The maximum Gasteiger partial charge on any atom is 0.247 e. The van der Waals surface area contributed by atoms with Crippen molar-refractivity contribution in [2.24, 2.45) is 5.92 Å². The van der Waals surface area contributed by atoms with Gasteiger partial charge in [-0.25, -0.2) is 0 Å². The molecule has 0 spiro atoms. The lowest BCUT2D eigenvalue weighted by Crippen LogP contribution is -2.46. The van der Waals surface area contributed by atoms with Crippen molar-refractivity contribution < 1.29 is 14.3 Å². The number of aromatic nitrogens is 2. The molecular formula is C33H34ClN5O3. The molecule has 0 unspecified atom stereocenters. The Kier molecular flexibility index (Phi) is 7.56. The van der Waals surface area contributed by atoms with Crippen LogP contribution in [0.15, 0.2) is 48.8 Å². The third-order valence-electron chi connectivity index (χ3n) is 8.35. The zero-order chi connectivity index (χ0) is 29.4. The second kappa shape index (κ2) is 11.3. The van der Waals surface area contributed by atoms with E-state index in [9.17, 15) is 9.59 Å². The number of benzene rings is 1. The zero-order valence-corrected chi connectivity index (χ0v) is 24.8. The van der Waals surface area contributed by atoms with Crippen molar-refractivity contribution in [1.29, 1.82) is 0 Å². The van der Waals surface area contributed by atoms with Crippen molar-refractivity contribution in [1.82, 2.24) is 19.8 Å². The number of hydrogen-bond acceptors (Lipinski definition) is 6. The van der Waals surface area contributed by atoms with E-state index >= 15 is 0 Å². The maximum absolute atomic E-state index is 13.2. The average Bonchev–Trinajstić information content (AvgIpc) is 3.62. The van der Waals surface area contributed by atoms with Crippen LogP contribution in [-0.2, 0) is 11.2 Å². The van der Waals surface area contributed by atoms with Gasteiger partial charge in [-0.05, 0) is 63.9 Å². The Bertz CT molecular complexity index is 1640. The van der Waals surface area contributed by atoms with Gasteiger partial charge in [0.1, 0.15) is 5.54 Å². The minimum Gasteiger partial charge on any atom is -0.493 e. The molecule has 2 aliphatic heterocycles. The summed E-state index contributed by atoms with van der Waals surface area (Å²) in [6.07, 6.45) is 10.9. The number of amides is 1. The van der Waals surface area contributed by atoms with E-state index in [1.165, 1.54) is 0 Å². The number of halogens is 1. The Morgan fingerprint density at radius 1 is 1.31 bits per heavy atom. The molecule has 3 aromatic rings. The van der Waals surface area contributed by atoms with Gasteiger partial charge in [-0.2, -0.15) is 0 Å². The molecule has 216 valence electrons. The summed E-state index contributed by atoms with van der Waals surface area (Å²) in [5.74, 6) is 7.96. The predicted octanol–water partition coefficient (Wildman–Crippen LogP) is 5.46. The number of likely N-dealkylation sites (N-methyl/N-ethyl adjacent to an activating group) is 1. The first kappa shape index (κ1) is 28.1. The number of hydrogen-bond donors (Lipinski definition) is 2. The summed E-state index contributed by atoms with van der Waals surface area (Å²) in [6, 6.07) is 7.39. The molecule has 0 radical (unpaired) electrons. The van der Waals surface area contributed by atoms with Crippen LogP contribution in [0, 0.1) is 17.8 Å². The lowest BCUT2D eigenvalue weighted by Gasteiger charge is -2.37. The van der Waals surface area contributed by atoms with Gasteiger partial charge < -0.3 is 24.8 Å². The van der Waals surface area contributed by atoms with Crippen LogP contribution < -0.4 is 10.1 Å². The normalized spacial score (nSPS) is 20.7. The van der Waals surface area contributed by atoms with Crippen molar-refractivity contribution in [3.8, 4) is 28.8 Å². The van der Waals surface area contributed by atoms with Crippen molar-refractivity contribution in [3.05, 3.63) is 70.7 Å². The Morgan fingerprint density at radius 3 is 2.93 bits per heavy atom. The highest BCUT2D eigenvalue weighted by atomic mass is 35.5. The Hall–Kier alpha value is -4.06. The number of para-hydroxylation sites is 1. The van der Waals surface area contributed by atoms with Crippen LogP contribution >= 0.6 is 11.6 Å². The fraction of sp³-hybridized carbons (Fsp3) is 0.364. The summed E-state index contributed by atoms with van der Waals surface area (Å²) in [7, 11) is 5.52. The van der Waals surface area contributed by atoms with Crippen LogP contribution in [0.1, 0.15) is 47.3 Å². The number of H-pyrrole nitrogens is 1. The van der Waals surface area contributed by atoms with Crippen LogP contribution in [0.3, 0.4) is 0 Å². The van der Waals surface area contributed by atoms with Crippen molar-refractivity contribution in [2.45, 2.75) is 37.6 Å². The second-order valence-corrected chi connectivity index (χ2v) is 11.9. The maximum atomic E-state index is 13.2. The number of Topliss-reactive ketones (excluding diaryl/α,β-unsaturated/α-hetero) is 1. The Morgan fingerprint density at radius 2 is 2.14 bits per heavy atom. The third kappa shape index (κ3) is 5.08. The Labute approximate surface area is 251 Å². The van der Waals surface area contributed by atoms with Gasteiger partial charge in [0.25, 0.3) is 0 Å². The van der Waals surface area contributed by atoms with Gasteiger partial charge in [0.2, 0.25) is 5.91 Å². The average molecular weight is 584 g/mol. The summed E-state index contributed by atoms with van der Waals surface area (Å²) < 4.78 is 5.58. The Balaban J connectivity index is 1.39. The summed E-state index contributed by atoms with van der Waals surface area (Å²) in [6.45, 7) is 1.45. The van der Waals surface area contributed by atoms with Gasteiger partial charge >= 0.3 is 0 Å². The smallest absolute Gasteiger partial charge is 0.247 e. The molecule has 7 rings (SSSR count). The first-order valence-corrected chi connectivity index (χ1v) is 14.7. The molecule has 9 heteroatoms. The summed E-state index contributed by atoms with van der Waals surface area (Å²) in [5, 5.41) is 3.94. The number of methoxy groups -OCH3 is 1. The number of rotatable bonds is 7. The number of nitrogens with one attached hydrogen (secondary N) is 2. The monoisotopic (exact) mass is 583 g/mol. The topological polar surface area (TPSA) is 90.6 Å². The molecule has 8 nitrogen and oxygen atoms in total. The second-order valence-electron chi connectivity index (χ2n) is 11.5. The number of ether oxygens (including phenoxy) is 1. The molecular weight excluding hydrogens is 550 g/mol. The number of carbonyl (C=O) groups excluding carboxylic acids is 2. The fourth-order valence-corrected chi connectivity index (χ4v) is 6.62. The van der Waals surface area contributed by atoms with E-state index < -0.39 is 5.54 Å². The summed E-state index contributed by atoms with van der Waals surface area (Å²) in [5.41, 5.74) is 4.76. The molecule has 2 N–H and O–H groups in total. The quantitative estimate of drug-likeness (QED) is 0.283. The molecule has 1 aromatic carbocycles. The minimum absolute atomic E-state index is 0.00933. The van der Waals surface area contributed by atoms with Crippen LogP contribution in [0.5, 0.6) is 5.75 Å². The molecule has 0 atom stereocenters. The highest BCUT2D eigenvalue weighted by molar-refractivity contribution is 6.32.